The van der Waals surface area contributed by atoms with E-state index in [-0.39, 0.29) is 29.4 Å². The third kappa shape index (κ3) is 8.66. The van der Waals surface area contributed by atoms with Crippen molar-refractivity contribution in [2.45, 2.75) is 69.4 Å². The van der Waals surface area contributed by atoms with Gasteiger partial charge in [0.05, 0.1) is 12.1 Å². The number of nitrogens with zero attached hydrogens (tertiary/aromatic N) is 2. The van der Waals surface area contributed by atoms with Crippen molar-refractivity contribution in [1.29, 1.82) is 5.41 Å². The molecular weight excluding hydrogens is 578 g/mol. The van der Waals surface area contributed by atoms with Crippen molar-refractivity contribution >= 4 is 45.4 Å². The fraction of sp³-hybridized carbons (Fsp3) is 0.607. The highest BCUT2D eigenvalue weighted by Gasteiger charge is 2.40. The normalized spacial score (nSPS) is 20.7. The molecule has 43 heavy (non-hydrogen) atoms. The predicted octanol–water partition coefficient (Wildman–Crippen LogP) is 0.130. The van der Waals surface area contributed by atoms with E-state index in [1.807, 2.05) is 6.07 Å². The largest absolute Gasteiger partial charge is 0.392 e. The minimum absolute atomic E-state index is 0.0288. The molecule has 1 aromatic carbocycles. The Morgan fingerprint density at radius 2 is 1.98 bits per heavy atom. The third-order valence-electron chi connectivity index (χ3n) is 7.86. The summed E-state index contributed by atoms with van der Waals surface area (Å²) < 4.78 is 34.5. The number of carbonyl (C=O) groups excluding carboxylic acids is 4. The standard InChI is InChI=1S/C28H41N7O7S/c1-17-11-20-6-3-7-23(26(20)32-13-17)43(40,41)33-22(27(39)35(21-8-9-21)16-25(38)42-18(2)36)12-24(37)31-14-19-5-4-10-34(15-19)28(29)30/h3,6-7,17,19,21-22,32-33H,4-5,8-16H2,1-2H3,(H3,29,30)(H,31,37)/t17?,19-,22-/m0/s1. The Bertz CT molecular complexity index is 1360. The summed E-state index contributed by atoms with van der Waals surface area (Å²) in [5.41, 5.74) is 6.91. The number of sulfonamides is 1. The van der Waals surface area contributed by atoms with Gasteiger partial charge in [-0.1, -0.05) is 19.1 Å². The number of ether oxygens (including phenoxy) is 1. The molecule has 1 unspecified atom stereocenters. The number of esters is 2. The van der Waals surface area contributed by atoms with E-state index < -0.39 is 52.8 Å². The highest BCUT2D eigenvalue weighted by Crippen LogP contribution is 2.32. The minimum atomic E-state index is -4.30. The first-order valence-corrected chi connectivity index (χ1v) is 16.1. The number of para-hydroxylation sites is 1. The number of likely N-dealkylation sites (tertiary alicyclic amines) is 1. The first-order valence-electron chi connectivity index (χ1n) is 14.6. The van der Waals surface area contributed by atoms with Gasteiger partial charge in [-0.15, -0.1) is 0 Å². The van der Waals surface area contributed by atoms with E-state index >= 15 is 0 Å². The molecule has 3 atom stereocenters. The topological polar surface area (TPSA) is 204 Å². The molecule has 236 valence electrons. The van der Waals surface area contributed by atoms with Gasteiger partial charge in [-0.05, 0) is 55.6 Å². The van der Waals surface area contributed by atoms with Crippen LogP contribution in [0.2, 0.25) is 0 Å². The number of rotatable bonds is 11. The Hall–Kier alpha value is -3.72. The number of nitrogens with two attached hydrogens (primary N) is 1. The molecule has 2 fully saturated rings. The fourth-order valence-electron chi connectivity index (χ4n) is 5.60. The van der Waals surface area contributed by atoms with Crippen LogP contribution in [0.1, 0.15) is 51.5 Å². The lowest BCUT2D eigenvalue weighted by atomic mass is 9.96. The van der Waals surface area contributed by atoms with Gasteiger partial charge >= 0.3 is 11.9 Å². The molecule has 0 spiro atoms. The molecule has 1 aliphatic carbocycles. The van der Waals surface area contributed by atoms with Crippen molar-refractivity contribution in [2.24, 2.45) is 17.6 Å². The Morgan fingerprint density at radius 3 is 2.65 bits per heavy atom. The first-order chi connectivity index (χ1) is 20.3. The third-order valence-corrected chi connectivity index (χ3v) is 9.37. The summed E-state index contributed by atoms with van der Waals surface area (Å²) in [7, 11) is -4.30. The van der Waals surface area contributed by atoms with Gasteiger partial charge in [0.1, 0.15) is 17.5 Å². The lowest BCUT2D eigenvalue weighted by Gasteiger charge is -2.33. The van der Waals surface area contributed by atoms with Crippen molar-refractivity contribution in [2.75, 3.05) is 38.0 Å². The van der Waals surface area contributed by atoms with Crippen LogP contribution in [0.4, 0.5) is 5.69 Å². The van der Waals surface area contributed by atoms with Gasteiger partial charge in [0, 0.05) is 39.1 Å². The van der Waals surface area contributed by atoms with E-state index in [1.54, 1.807) is 11.0 Å². The maximum atomic E-state index is 13.8. The first kappa shape index (κ1) is 32.2. The molecule has 1 saturated heterocycles. The second-order valence-corrected chi connectivity index (χ2v) is 13.3. The Kier molecular flexibility index (Phi) is 10.3. The molecule has 1 aromatic rings. The van der Waals surface area contributed by atoms with Crippen LogP contribution in [-0.4, -0.2) is 92.7 Å². The van der Waals surface area contributed by atoms with Gasteiger partial charge in [0.25, 0.3) is 0 Å². The Labute approximate surface area is 251 Å². The molecule has 15 heteroatoms. The number of fused-ring (bicyclic) bond motifs is 1. The average Bonchev–Trinajstić information content (AvgIpc) is 3.79. The van der Waals surface area contributed by atoms with Gasteiger partial charge in [0.2, 0.25) is 21.8 Å². The lowest BCUT2D eigenvalue weighted by molar-refractivity contribution is -0.161. The number of anilines is 1. The van der Waals surface area contributed by atoms with E-state index in [0.717, 1.165) is 25.3 Å². The zero-order valence-electron chi connectivity index (χ0n) is 24.6. The van der Waals surface area contributed by atoms with Crippen LogP contribution >= 0.6 is 0 Å². The highest BCUT2D eigenvalue weighted by molar-refractivity contribution is 7.89. The molecule has 14 nitrogen and oxygen atoms in total. The van der Waals surface area contributed by atoms with Crippen LogP contribution in [0.15, 0.2) is 23.1 Å². The van der Waals surface area contributed by atoms with Crippen LogP contribution in [0.5, 0.6) is 0 Å². The minimum Gasteiger partial charge on any atom is -0.392 e. The van der Waals surface area contributed by atoms with Crippen LogP contribution in [0.25, 0.3) is 0 Å². The van der Waals surface area contributed by atoms with Crippen molar-refractivity contribution in [1.82, 2.24) is 19.8 Å². The number of hydrogen-bond donors (Lipinski definition) is 5. The second kappa shape index (κ2) is 13.7. The van der Waals surface area contributed by atoms with Crippen molar-refractivity contribution in [3.8, 4) is 0 Å². The number of nitrogens with one attached hydrogen (secondary N) is 4. The van der Waals surface area contributed by atoms with Gasteiger partial charge in [-0.2, -0.15) is 4.72 Å². The molecule has 0 aromatic heterocycles. The summed E-state index contributed by atoms with van der Waals surface area (Å²) in [6, 6.07) is 3.07. The molecule has 4 rings (SSSR count). The monoisotopic (exact) mass is 619 g/mol. The van der Waals surface area contributed by atoms with Crippen LogP contribution in [-0.2, 0) is 40.4 Å². The highest BCUT2D eigenvalue weighted by atomic mass is 32.2. The van der Waals surface area contributed by atoms with E-state index in [0.29, 0.717) is 50.5 Å². The summed E-state index contributed by atoms with van der Waals surface area (Å²) in [4.78, 5) is 53.4. The van der Waals surface area contributed by atoms with Gasteiger partial charge in [-0.25, -0.2) is 13.2 Å². The number of benzene rings is 1. The summed E-state index contributed by atoms with van der Waals surface area (Å²) in [5, 5.41) is 13.7. The number of carbonyl (C=O) groups is 4. The van der Waals surface area contributed by atoms with Crippen molar-refractivity contribution < 1.29 is 32.3 Å². The molecule has 3 aliphatic rings. The Balaban J connectivity index is 1.54. The molecule has 1 saturated carbocycles. The Morgan fingerprint density at radius 1 is 1.23 bits per heavy atom. The molecular formula is C28H41N7O7S. The zero-order valence-corrected chi connectivity index (χ0v) is 25.4. The molecule has 0 radical (unpaired) electrons. The summed E-state index contributed by atoms with van der Waals surface area (Å²) in [6.45, 7) is 4.59. The smallest absolute Gasteiger partial charge is 0.333 e. The maximum absolute atomic E-state index is 13.8. The molecule has 6 N–H and O–H groups in total. The molecule has 2 aliphatic heterocycles. The van der Waals surface area contributed by atoms with Gasteiger partial charge in [-0.3, -0.25) is 19.8 Å². The quantitative estimate of drug-likeness (QED) is 0.0980. The van der Waals surface area contributed by atoms with E-state index in [2.05, 4.69) is 27.0 Å². The second-order valence-electron chi connectivity index (χ2n) is 11.7. The van der Waals surface area contributed by atoms with E-state index in [1.165, 1.54) is 11.0 Å². The average molecular weight is 620 g/mol. The summed E-state index contributed by atoms with van der Waals surface area (Å²) in [5.74, 6) is -2.77. The van der Waals surface area contributed by atoms with E-state index in [9.17, 15) is 27.6 Å². The summed E-state index contributed by atoms with van der Waals surface area (Å²) >= 11 is 0. The fourth-order valence-corrected chi connectivity index (χ4v) is 7.01. The van der Waals surface area contributed by atoms with Crippen LogP contribution in [0.3, 0.4) is 0 Å². The molecule has 2 heterocycles. The van der Waals surface area contributed by atoms with Crippen molar-refractivity contribution in [3.05, 3.63) is 23.8 Å². The van der Waals surface area contributed by atoms with Crippen molar-refractivity contribution in [3.63, 3.8) is 0 Å². The summed E-state index contributed by atoms with van der Waals surface area (Å²) in [6.07, 6.45) is 2.98. The maximum Gasteiger partial charge on any atom is 0.333 e. The van der Waals surface area contributed by atoms with Crippen LogP contribution < -0.4 is 21.1 Å². The molecule has 0 bridgehead atoms. The lowest BCUT2D eigenvalue weighted by Crippen LogP contribution is -2.53. The number of amides is 2. The zero-order chi connectivity index (χ0) is 31.3. The molecule has 2 amide bonds. The SMILES string of the molecule is CC(=O)OC(=O)CN(C(=O)[C@H](CC(=O)NC[C@@H]1CCCN(C(=N)N)C1)NS(=O)(=O)c1cccc2c1NCC(C)C2)C1CC1. The number of hydrogen-bond acceptors (Lipinski definition) is 9. The van der Waals surface area contributed by atoms with Crippen LogP contribution in [0, 0.1) is 17.2 Å². The van der Waals surface area contributed by atoms with Gasteiger partial charge in [0.15, 0.2) is 5.96 Å². The predicted molar refractivity (Wildman–Crippen MR) is 157 cm³/mol. The van der Waals surface area contributed by atoms with Gasteiger partial charge < -0.3 is 30.9 Å². The van der Waals surface area contributed by atoms with E-state index in [4.69, 9.17) is 11.1 Å². The number of guanidine groups is 1. The number of piperidine rings is 1.